The van der Waals surface area contributed by atoms with Crippen LogP contribution in [0.25, 0.3) is 15.9 Å². The van der Waals surface area contributed by atoms with E-state index in [1.807, 2.05) is 4.90 Å². The van der Waals surface area contributed by atoms with Crippen molar-refractivity contribution in [1.82, 2.24) is 4.98 Å². The molecule has 2 aliphatic carbocycles. The highest BCUT2D eigenvalue weighted by molar-refractivity contribution is 7.22. The molecule has 8 nitrogen and oxygen atoms in total. The second-order valence-corrected chi connectivity index (χ2v) is 12.1. The van der Waals surface area contributed by atoms with Gasteiger partial charge in [0.05, 0.1) is 34.2 Å². The smallest absolute Gasteiger partial charge is 0.335 e. The van der Waals surface area contributed by atoms with Gasteiger partial charge in [0.15, 0.2) is 16.7 Å². The summed E-state index contributed by atoms with van der Waals surface area (Å²) in [4.78, 5) is 30.8. The summed E-state index contributed by atoms with van der Waals surface area (Å²) < 4.78 is 50.1. The molecule has 12 heteroatoms. The minimum Gasteiger partial charge on any atom is -0.478 e. The van der Waals surface area contributed by atoms with Crippen molar-refractivity contribution in [3.8, 4) is 0 Å². The third-order valence-electron chi connectivity index (χ3n) is 8.40. The van der Waals surface area contributed by atoms with E-state index in [4.69, 9.17) is 15.9 Å². The molecule has 3 aliphatic rings. The fourth-order valence-corrected chi connectivity index (χ4v) is 7.10. The number of thiazole rings is 1. The second-order valence-electron chi connectivity index (χ2n) is 11.1. The molecule has 0 spiro atoms. The molecular weight excluding hydrogens is 557 g/mol. The molecular formula is C29H27F3N4O4S. The number of nitrogens with zero attached hydrogens (tertiary/aromatic N) is 2. The number of carbonyl (C=O) groups excluding carboxylic acids is 1. The summed E-state index contributed by atoms with van der Waals surface area (Å²) in [5.41, 5.74) is 4.98. The number of fused-ring (bicyclic) bond motifs is 2. The number of aromatic nitrogens is 1. The van der Waals surface area contributed by atoms with Crippen molar-refractivity contribution in [2.24, 2.45) is 23.0 Å². The number of halogens is 3. The summed E-state index contributed by atoms with van der Waals surface area (Å²) in [6.45, 7) is 0.794. The first-order valence-electron chi connectivity index (χ1n) is 13.3. The molecule has 0 amide bonds. The molecule has 2 saturated carbocycles. The van der Waals surface area contributed by atoms with Crippen LogP contribution in [0.5, 0.6) is 0 Å². The second kappa shape index (κ2) is 10.3. The lowest BCUT2D eigenvalue weighted by molar-refractivity contribution is -0.117. The maximum absolute atomic E-state index is 14.5. The van der Waals surface area contributed by atoms with Gasteiger partial charge in [-0.3, -0.25) is 4.79 Å². The van der Waals surface area contributed by atoms with Gasteiger partial charge in [-0.05, 0) is 55.9 Å². The molecule has 41 heavy (non-hydrogen) atoms. The van der Waals surface area contributed by atoms with Crippen molar-refractivity contribution < 1.29 is 32.6 Å². The average Bonchev–Trinajstić information content (AvgIpc) is 3.45. The van der Waals surface area contributed by atoms with Gasteiger partial charge >= 0.3 is 5.97 Å². The van der Waals surface area contributed by atoms with Crippen LogP contribution in [0.1, 0.15) is 41.6 Å². The van der Waals surface area contributed by atoms with Gasteiger partial charge in [-0.15, -0.1) is 0 Å². The summed E-state index contributed by atoms with van der Waals surface area (Å²) in [6.07, 6.45) is 3.55. The van der Waals surface area contributed by atoms with Gasteiger partial charge in [-0.25, -0.2) is 22.9 Å². The highest BCUT2D eigenvalue weighted by Gasteiger charge is 2.53. The molecule has 1 aliphatic heterocycles. The van der Waals surface area contributed by atoms with E-state index in [2.05, 4.69) is 4.98 Å². The number of hydrogen-bond donors (Lipinski definition) is 3. The quantitative estimate of drug-likeness (QED) is 0.238. The lowest BCUT2D eigenvalue weighted by Crippen LogP contribution is -2.30. The number of ether oxygens (including phenoxy) is 1. The molecule has 3 fully saturated rings. The lowest BCUT2D eigenvalue weighted by atomic mass is 9.82. The maximum Gasteiger partial charge on any atom is 0.335 e. The third-order valence-corrected chi connectivity index (χ3v) is 9.47. The molecule has 0 radical (unpaired) electrons. The van der Waals surface area contributed by atoms with Crippen molar-refractivity contribution in [3.05, 3.63) is 64.5 Å². The Balaban J connectivity index is 1.19. The van der Waals surface area contributed by atoms with Crippen LogP contribution in [0.4, 0.5) is 18.3 Å². The molecule has 4 N–H and O–H groups in total. The van der Waals surface area contributed by atoms with Gasteiger partial charge in [0.2, 0.25) is 0 Å². The average molecular weight is 585 g/mol. The van der Waals surface area contributed by atoms with E-state index in [9.17, 15) is 27.9 Å². The minimum atomic E-state index is -1.22. The van der Waals surface area contributed by atoms with Crippen molar-refractivity contribution in [2.45, 2.75) is 31.8 Å². The van der Waals surface area contributed by atoms with Crippen LogP contribution in [0, 0.1) is 40.1 Å². The maximum atomic E-state index is 14.5. The number of carboxylic acid groups (broad SMARTS) is 1. The zero-order valence-corrected chi connectivity index (χ0v) is 22.6. The molecule has 2 heterocycles. The van der Waals surface area contributed by atoms with Gasteiger partial charge in [0.25, 0.3) is 0 Å². The fraction of sp³-hybridized carbons (Fsp3) is 0.379. The fourth-order valence-electron chi connectivity index (χ4n) is 6.07. The number of rotatable bonds is 9. The molecule has 0 unspecified atom stereocenters. The van der Waals surface area contributed by atoms with E-state index in [-0.39, 0.29) is 52.7 Å². The Morgan fingerprint density at radius 1 is 1.22 bits per heavy atom. The van der Waals surface area contributed by atoms with Gasteiger partial charge < -0.3 is 25.9 Å². The third kappa shape index (κ3) is 4.88. The normalized spacial score (nSPS) is 24.4. The summed E-state index contributed by atoms with van der Waals surface area (Å²) >= 11 is 1.20. The number of ketones is 1. The van der Waals surface area contributed by atoms with Gasteiger partial charge in [0.1, 0.15) is 17.2 Å². The van der Waals surface area contributed by atoms with E-state index in [0.717, 1.165) is 18.2 Å². The Morgan fingerprint density at radius 2 is 1.95 bits per heavy atom. The number of carboxylic acids is 1. The Morgan fingerprint density at radius 3 is 2.59 bits per heavy atom. The summed E-state index contributed by atoms with van der Waals surface area (Å²) in [5.74, 6) is -4.09. The largest absolute Gasteiger partial charge is 0.478 e. The molecule has 1 saturated heterocycles. The van der Waals surface area contributed by atoms with Crippen LogP contribution in [0.2, 0.25) is 0 Å². The number of aromatic carboxylic acids is 1. The topological polar surface area (TPSA) is 130 Å². The first-order valence-corrected chi connectivity index (χ1v) is 14.1. The molecule has 2 aromatic carbocycles. The molecule has 214 valence electrons. The van der Waals surface area contributed by atoms with Gasteiger partial charge in [0, 0.05) is 36.2 Å². The SMILES string of the molecule is N=C[C@@]12C[C@@H](OCC(C(=O)C3CC3)=C(N)c3c(F)cccc3F)C[C@@H]1CN(c1nc3c(F)cc(C(=O)O)cc3s1)C2. The molecule has 6 rings (SSSR count). The van der Waals surface area contributed by atoms with Crippen molar-refractivity contribution in [3.63, 3.8) is 0 Å². The number of benzene rings is 2. The number of hydrogen-bond acceptors (Lipinski definition) is 8. The Labute approximate surface area is 237 Å². The number of anilines is 1. The van der Waals surface area contributed by atoms with Crippen molar-refractivity contribution in [1.29, 1.82) is 5.41 Å². The van der Waals surface area contributed by atoms with Gasteiger partial charge in [-0.1, -0.05) is 17.4 Å². The standard InChI is InChI=1S/C29H27F3N4O4S/c30-19-2-1-3-20(31)23(19)24(34)18(26(37)14-4-5-14)11-40-17-8-16-10-36(13-29(16,9-17)12-33)28-35-25-21(32)6-15(27(38)39)7-22(25)41-28/h1-3,6-7,12,14,16-17,33H,4-5,8-11,13,34H2,(H,38,39)/t16-,17+,29-/m1/s1. The Hall–Kier alpha value is -3.77. The van der Waals surface area contributed by atoms with E-state index < -0.39 is 34.4 Å². The number of Topliss-reactive ketones (excluding diaryl/α,β-unsaturated/α-hetero) is 1. The number of carbonyl (C=O) groups is 2. The predicted octanol–water partition coefficient (Wildman–Crippen LogP) is 5.01. The number of nitrogens with one attached hydrogen (secondary N) is 1. The zero-order valence-electron chi connectivity index (χ0n) is 21.8. The summed E-state index contributed by atoms with van der Waals surface area (Å²) in [5, 5.41) is 18.0. The van der Waals surface area contributed by atoms with Gasteiger partial charge in [-0.2, -0.15) is 0 Å². The van der Waals surface area contributed by atoms with E-state index >= 15 is 0 Å². The molecule has 3 atom stereocenters. The minimum absolute atomic E-state index is 0.0179. The molecule has 1 aromatic heterocycles. The van der Waals surface area contributed by atoms with Crippen LogP contribution in [0.15, 0.2) is 35.9 Å². The van der Waals surface area contributed by atoms with Crippen LogP contribution < -0.4 is 10.6 Å². The van der Waals surface area contributed by atoms with Crippen molar-refractivity contribution >= 4 is 50.3 Å². The highest BCUT2D eigenvalue weighted by Crippen LogP contribution is 2.50. The van der Waals surface area contributed by atoms with Crippen molar-refractivity contribution in [2.75, 3.05) is 24.6 Å². The number of nitrogens with two attached hydrogens (primary N) is 1. The lowest BCUT2D eigenvalue weighted by Gasteiger charge is -2.24. The highest BCUT2D eigenvalue weighted by atomic mass is 32.1. The monoisotopic (exact) mass is 584 g/mol. The van der Waals surface area contributed by atoms with Crippen LogP contribution in [-0.4, -0.2) is 53.9 Å². The first kappa shape index (κ1) is 27.4. The Bertz CT molecular complexity index is 1600. The van der Waals surface area contributed by atoms with Crippen LogP contribution >= 0.6 is 11.3 Å². The first-order chi connectivity index (χ1) is 19.6. The van der Waals surface area contributed by atoms with E-state index in [1.165, 1.54) is 29.7 Å². The van der Waals surface area contributed by atoms with E-state index in [0.29, 0.717) is 48.6 Å². The van der Waals surface area contributed by atoms with Crippen LogP contribution in [-0.2, 0) is 9.53 Å². The zero-order chi connectivity index (χ0) is 29.1. The van der Waals surface area contributed by atoms with Crippen LogP contribution in [0.3, 0.4) is 0 Å². The Kier molecular flexibility index (Phi) is 6.85. The van der Waals surface area contributed by atoms with E-state index in [1.54, 1.807) is 0 Å². The summed E-state index contributed by atoms with van der Waals surface area (Å²) in [7, 11) is 0. The molecule has 3 aromatic rings. The summed E-state index contributed by atoms with van der Waals surface area (Å²) in [6, 6.07) is 5.78. The molecule has 0 bridgehead atoms. The predicted molar refractivity (Wildman–Crippen MR) is 148 cm³/mol.